The quantitative estimate of drug-likeness (QED) is 0.888. The second-order valence-corrected chi connectivity index (χ2v) is 7.67. The summed E-state index contributed by atoms with van der Waals surface area (Å²) in [7, 11) is 4.04. The fraction of sp³-hybridized carbons (Fsp3) is 0.650. The molecular formula is C20H30N2O3. The zero-order valence-electron chi connectivity index (χ0n) is 15.5. The third-order valence-electron chi connectivity index (χ3n) is 5.63. The highest BCUT2D eigenvalue weighted by atomic mass is 16.5. The van der Waals surface area contributed by atoms with Crippen molar-refractivity contribution in [3.05, 3.63) is 29.8 Å². The standard InChI is InChI=1S/C20H30N2O3/c1-4-9-25-17-7-5-14(6-8-17)20(24)22-12-15-10-18(21(2)3)19(23)11-16(15)13-22/h5-8,15-16,18-19,23H,4,9-13H2,1-3H3/t15-,16+,18-,19-/m1/s1. The number of hydrogen-bond donors (Lipinski definition) is 1. The molecule has 1 aromatic carbocycles. The van der Waals surface area contributed by atoms with Gasteiger partial charge in [-0.25, -0.2) is 0 Å². The molecule has 0 bridgehead atoms. The van der Waals surface area contributed by atoms with Gasteiger partial charge in [0.25, 0.3) is 5.91 Å². The molecule has 1 aliphatic carbocycles. The van der Waals surface area contributed by atoms with Crippen molar-refractivity contribution < 1.29 is 14.6 Å². The number of ether oxygens (including phenoxy) is 1. The molecule has 0 radical (unpaired) electrons. The van der Waals surface area contributed by atoms with Crippen LogP contribution in [0.5, 0.6) is 5.75 Å². The van der Waals surface area contributed by atoms with Crippen LogP contribution in [0.1, 0.15) is 36.5 Å². The van der Waals surface area contributed by atoms with Gasteiger partial charge in [0.2, 0.25) is 0 Å². The maximum absolute atomic E-state index is 12.8. The van der Waals surface area contributed by atoms with E-state index in [1.807, 2.05) is 43.3 Å². The third-order valence-corrected chi connectivity index (χ3v) is 5.63. The molecule has 5 heteroatoms. The number of rotatable bonds is 5. The van der Waals surface area contributed by atoms with Gasteiger partial charge in [-0.05, 0) is 69.5 Å². The lowest BCUT2D eigenvalue weighted by Gasteiger charge is -2.38. The number of carbonyl (C=O) groups is 1. The molecule has 138 valence electrons. The molecule has 1 heterocycles. The van der Waals surface area contributed by atoms with Crippen LogP contribution >= 0.6 is 0 Å². The number of hydrogen-bond acceptors (Lipinski definition) is 4. The van der Waals surface area contributed by atoms with E-state index in [4.69, 9.17) is 4.74 Å². The monoisotopic (exact) mass is 346 g/mol. The summed E-state index contributed by atoms with van der Waals surface area (Å²) >= 11 is 0. The number of likely N-dealkylation sites (N-methyl/N-ethyl adjacent to an activating group) is 1. The van der Waals surface area contributed by atoms with Crippen molar-refractivity contribution in [1.82, 2.24) is 9.80 Å². The van der Waals surface area contributed by atoms with Gasteiger partial charge < -0.3 is 19.6 Å². The number of likely N-dealkylation sites (tertiary alicyclic amines) is 1. The summed E-state index contributed by atoms with van der Waals surface area (Å²) in [5.41, 5.74) is 0.715. The van der Waals surface area contributed by atoms with Crippen LogP contribution in [0.25, 0.3) is 0 Å². The Balaban J connectivity index is 1.62. The van der Waals surface area contributed by atoms with Crippen LogP contribution in [-0.2, 0) is 0 Å². The largest absolute Gasteiger partial charge is 0.494 e. The number of aliphatic hydroxyl groups is 1. The van der Waals surface area contributed by atoms with Crippen LogP contribution in [0.3, 0.4) is 0 Å². The SMILES string of the molecule is CCCOc1ccc(C(=O)N2C[C@H]3C[C@@H](N(C)C)[C@H](O)C[C@H]3C2)cc1. The number of amides is 1. The maximum Gasteiger partial charge on any atom is 0.253 e. The van der Waals surface area contributed by atoms with Gasteiger partial charge in [-0.15, -0.1) is 0 Å². The molecule has 25 heavy (non-hydrogen) atoms. The zero-order chi connectivity index (χ0) is 18.0. The first-order chi connectivity index (χ1) is 12.0. The molecule has 0 spiro atoms. The van der Waals surface area contributed by atoms with E-state index < -0.39 is 0 Å². The number of nitrogens with zero attached hydrogens (tertiary/aromatic N) is 2. The molecule has 2 fully saturated rings. The maximum atomic E-state index is 12.8. The molecule has 2 aliphatic rings. The van der Waals surface area contributed by atoms with Crippen LogP contribution < -0.4 is 4.74 Å². The van der Waals surface area contributed by atoms with Crippen LogP contribution in [0.4, 0.5) is 0 Å². The minimum Gasteiger partial charge on any atom is -0.494 e. The molecule has 1 saturated carbocycles. The van der Waals surface area contributed by atoms with Gasteiger partial charge in [-0.1, -0.05) is 6.92 Å². The third kappa shape index (κ3) is 3.98. The van der Waals surface area contributed by atoms with Crippen molar-refractivity contribution >= 4 is 5.91 Å². The Morgan fingerprint density at radius 3 is 2.44 bits per heavy atom. The molecule has 1 N–H and O–H groups in total. The van der Waals surface area contributed by atoms with E-state index in [2.05, 4.69) is 11.8 Å². The second-order valence-electron chi connectivity index (χ2n) is 7.67. The lowest BCUT2D eigenvalue weighted by molar-refractivity contribution is 0.00940. The van der Waals surface area contributed by atoms with Crippen LogP contribution in [0, 0.1) is 11.8 Å². The average molecular weight is 346 g/mol. The number of carbonyl (C=O) groups excluding carboxylic acids is 1. The number of aliphatic hydroxyl groups excluding tert-OH is 1. The first-order valence-corrected chi connectivity index (χ1v) is 9.36. The lowest BCUT2D eigenvalue weighted by atomic mass is 9.77. The summed E-state index contributed by atoms with van der Waals surface area (Å²) in [6.45, 7) is 4.32. The van der Waals surface area contributed by atoms with Gasteiger partial charge in [-0.2, -0.15) is 0 Å². The van der Waals surface area contributed by atoms with Crippen LogP contribution in [0.2, 0.25) is 0 Å². The zero-order valence-corrected chi connectivity index (χ0v) is 15.5. The van der Waals surface area contributed by atoms with Gasteiger partial charge in [-0.3, -0.25) is 4.79 Å². The van der Waals surface area contributed by atoms with Crippen molar-refractivity contribution in [2.24, 2.45) is 11.8 Å². The molecule has 3 rings (SSSR count). The predicted molar refractivity (Wildman–Crippen MR) is 97.8 cm³/mol. The van der Waals surface area contributed by atoms with E-state index in [0.717, 1.165) is 38.1 Å². The Hall–Kier alpha value is -1.59. The number of fused-ring (bicyclic) bond motifs is 1. The molecule has 0 unspecified atom stereocenters. The highest BCUT2D eigenvalue weighted by Gasteiger charge is 2.43. The van der Waals surface area contributed by atoms with E-state index in [1.54, 1.807) is 0 Å². The van der Waals surface area contributed by atoms with Crippen LogP contribution in [-0.4, -0.2) is 66.8 Å². The molecule has 1 amide bonds. The Kier molecular flexibility index (Phi) is 5.64. The summed E-state index contributed by atoms with van der Waals surface area (Å²) in [6.07, 6.45) is 2.44. The van der Waals surface area contributed by atoms with Gasteiger partial charge in [0.15, 0.2) is 0 Å². The predicted octanol–water partition coefficient (Wildman–Crippen LogP) is 2.25. The summed E-state index contributed by atoms with van der Waals surface area (Å²) < 4.78 is 5.58. The van der Waals surface area contributed by atoms with Crippen molar-refractivity contribution in [3.8, 4) is 5.75 Å². The summed E-state index contributed by atoms with van der Waals surface area (Å²) in [5, 5.41) is 10.4. The van der Waals surface area contributed by atoms with E-state index in [1.165, 1.54) is 0 Å². The minimum absolute atomic E-state index is 0.0901. The Labute approximate surface area is 150 Å². The summed E-state index contributed by atoms with van der Waals surface area (Å²) in [4.78, 5) is 16.9. The highest BCUT2D eigenvalue weighted by molar-refractivity contribution is 5.94. The number of benzene rings is 1. The smallest absolute Gasteiger partial charge is 0.253 e. The van der Waals surface area contributed by atoms with E-state index >= 15 is 0 Å². The molecule has 4 atom stereocenters. The van der Waals surface area contributed by atoms with Crippen LogP contribution in [0.15, 0.2) is 24.3 Å². The Bertz CT molecular complexity index is 587. The summed E-state index contributed by atoms with van der Waals surface area (Å²) in [5.74, 6) is 1.81. The lowest BCUT2D eigenvalue weighted by Crippen LogP contribution is -2.46. The van der Waals surface area contributed by atoms with Gasteiger partial charge in [0.05, 0.1) is 12.7 Å². The molecule has 1 aromatic rings. The van der Waals surface area contributed by atoms with Crippen molar-refractivity contribution in [2.45, 2.75) is 38.3 Å². The molecule has 1 aliphatic heterocycles. The molecule has 1 saturated heterocycles. The average Bonchev–Trinajstić information content (AvgIpc) is 3.01. The highest BCUT2D eigenvalue weighted by Crippen LogP contribution is 2.38. The van der Waals surface area contributed by atoms with Crippen molar-refractivity contribution in [1.29, 1.82) is 0 Å². The minimum atomic E-state index is -0.290. The van der Waals surface area contributed by atoms with E-state index in [0.29, 0.717) is 24.0 Å². The van der Waals surface area contributed by atoms with Gasteiger partial charge in [0, 0.05) is 24.7 Å². The first kappa shape index (κ1) is 18.2. The molecule has 5 nitrogen and oxygen atoms in total. The van der Waals surface area contributed by atoms with Gasteiger partial charge in [0.1, 0.15) is 5.75 Å². The Morgan fingerprint density at radius 1 is 1.20 bits per heavy atom. The van der Waals surface area contributed by atoms with Crippen molar-refractivity contribution in [3.63, 3.8) is 0 Å². The van der Waals surface area contributed by atoms with E-state index in [-0.39, 0.29) is 18.1 Å². The second kappa shape index (κ2) is 7.75. The molecule has 0 aromatic heterocycles. The van der Waals surface area contributed by atoms with E-state index in [9.17, 15) is 9.90 Å². The topological polar surface area (TPSA) is 53.0 Å². The fourth-order valence-corrected chi connectivity index (χ4v) is 4.22. The van der Waals surface area contributed by atoms with Crippen molar-refractivity contribution in [2.75, 3.05) is 33.8 Å². The normalized spacial score (nSPS) is 28.9. The Morgan fingerprint density at radius 2 is 1.84 bits per heavy atom. The summed E-state index contributed by atoms with van der Waals surface area (Å²) in [6, 6.07) is 7.65. The van der Waals surface area contributed by atoms with Gasteiger partial charge >= 0.3 is 0 Å². The fourth-order valence-electron chi connectivity index (χ4n) is 4.22. The first-order valence-electron chi connectivity index (χ1n) is 9.36. The molecular weight excluding hydrogens is 316 g/mol.